The second-order valence-corrected chi connectivity index (χ2v) is 14.8. The third-order valence-corrected chi connectivity index (χ3v) is 12.2. The van der Waals surface area contributed by atoms with Crippen LogP contribution in [0.4, 0.5) is 30.5 Å². The molecule has 2 fully saturated rings. The molecular weight excluding hydrogens is 650 g/mol. The van der Waals surface area contributed by atoms with E-state index in [0.717, 1.165) is 41.9 Å². The van der Waals surface area contributed by atoms with Gasteiger partial charge in [0, 0.05) is 50.8 Å². The molecule has 0 radical (unpaired) electrons. The molecule has 2 N–H and O–H groups in total. The molecule has 45 heavy (non-hydrogen) atoms. The van der Waals surface area contributed by atoms with Crippen molar-refractivity contribution in [3.05, 3.63) is 46.5 Å². The number of halogens is 3. The van der Waals surface area contributed by atoms with Gasteiger partial charge in [0.2, 0.25) is 5.95 Å². The van der Waals surface area contributed by atoms with Crippen LogP contribution in [0.15, 0.2) is 35.4 Å². The lowest BCUT2D eigenvalue weighted by molar-refractivity contribution is -0.137. The van der Waals surface area contributed by atoms with Crippen LogP contribution in [0.1, 0.15) is 22.9 Å². The van der Waals surface area contributed by atoms with Gasteiger partial charge in [0.05, 0.1) is 58.0 Å². The van der Waals surface area contributed by atoms with Crippen LogP contribution in [0.2, 0.25) is 0 Å². The normalized spacial score (nSPS) is 21.9. The molecule has 2 atom stereocenters. The first-order valence-corrected chi connectivity index (χ1v) is 17.4. The number of anilines is 3. The zero-order chi connectivity index (χ0) is 32.1. The number of aliphatic hydroxyl groups excluding tert-OH is 1. The molecular formula is C29H33F3N6O4S3. The fourth-order valence-corrected chi connectivity index (χ4v) is 9.55. The number of aryl methyl sites for hydroxylation is 1. The van der Waals surface area contributed by atoms with Crippen LogP contribution in [-0.2, 0) is 27.2 Å². The van der Waals surface area contributed by atoms with Gasteiger partial charge in [0.1, 0.15) is 10.6 Å². The highest BCUT2D eigenvalue weighted by molar-refractivity contribution is 7.92. The number of aromatic nitrogens is 2. The molecule has 0 aliphatic carbocycles. The van der Waals surface area contributed by atoms with Gasteiger partial charge in [-0.2, -0.15) is 13.2 Å². The molecule has 16 heteroatoms. The molecule has 5 heterocycles. The Hall–Kier alpha value is -2.89. The number of rotatable bonds is 7. The molecule has 2 aromatic heterocycles. The lowest BCUT2D eigenvalue weighted by Crippen LogP contribution is -2.59. The number of fused-ring (bicyclic) bond motifs is 2. The number of nitrogens with one attached hydrogen (secondary N) is 1. The highest BCUT2D eigenvalue weighted by atomic mass is 32.2. The first-order chi connectivity index (χ1) is 21.4. The van der Waals surface area contributed by atoms with Gasteiger partial charge in [0.25, 0.3) is 0 Å². The Kier molecular flexibility index (Phi) is 8.82. The average molecular weight is 683 g/mol. The fourth-order valence-electron chi connectivity index (χ4n) is 6.12. The van der Waals surface area contributed by atoms with Gasteiger partial charge in [-0.05, 0) is 36.2 Å². The number of benzene rings is 1. The van der Waals surface area contributed by atoms with E-state index in [1.807, 2.05) is 19.1 Å². The summed E-state index contributed by atoms with van der Waals surface area (Å²) in [5.41, 5.74) is 1.10. The van der Waals surface area contributed by atoms with Crippen LogP contribution in [0, 0.1) is 0 Å². The maximum atomic E-state index is 14.2. The molecule has 0 spiro atoms. The number of nitrogens with zero attached hydrogens (tertiary/aromatic N) is 5. The number of thiophene rings is 1. The molecule has 0 amide bonds. The smallest absolute Gasteiger partial charge is 0.395 e. The SMILES string of the molecule is CCc1cc(N2CCN(CCO)[C@@H]3COC[C@@H]32)ccc1Nc1ncc(C(F)(F)F)c(-c2cc3c(s2)C(=S)N(C)CCS3(=O)=O)n1. The Bertz CT molecular complexity index is 1720. The standard InChI is InChI=1S/C29H33F3N6O4S3/c1-3-17-12-18(38-7-6-37(8-10-39)21-15-42-16-22(21)38)4-5-20(17)34-28-33-14-19(29(30,31)32)25(35-28)23-13-24-26(44-23)27(43)36(2)9-11-45(24,40)41/h4-5,12-14,21-22,39H,3,6-11,15-16H2,1-2H3,(H,33,34,35)/t21-,22+/m1/s1. The zero-order valence-corrected chi connectivity index (χ0v) is 27.1. The number of hydrogen-bond donors (Lipinski definition) is 2. The van der Waals surface area contributed by atoms with Gasteiger partial charge in [-0.1, -0.05) is 19.1 Å². The van der Waals surface area contributed by atoms with E-state index < -0.39 is 27.3 Å². The number of ether oxygens (including phenoxy) is 1. The van der Waals surface area contributed by atoms with Gasteiger partial charge in [-0.3, -0.25) is 4.90 Å². The second-order valence-electron chi connectivity index (χ2n) is 11.2. The summed E-state index contributed by atoms with van der Waals surface area (Å²) < 4.78 is 74.2. The van der Waals surface area contributed by atoms with Crippen molar-refractivity contribution >= 4 is 55.7 Å². The van der Waals surface area contributed by atoms with Crippen molar-refractivity contribution < 1.29 is 31.4 Å². The van der Waals surface area contributed by atoms with Gasteiger partial charge >= 0.3 is 6.18 Å². The van der Waals surface area contributed by atoms with Crippen LogP contribution >= 0.6 is 23.6 Å². The van der Waals surface area contributed by atoms with E-state index in [1.54, 1.807) is 11.9 Å². The third kappa shape index (κ3) is 6.15. The topological polar surface area (TPSA) is 111 Å². The van der Waals surface area contributed by atoms with Gasteiger partial charge in [-0.25, -0.2) is 18.4 Å². The minimum absolute atomic E-state index is 0.0405. The van der Waals surface area contributed by atoms with Crippen molar-refractivity contribution in [3.63, 3.8) is 0 Å². The number of piperazine rings is 1. The van der Waals surface area contributed by atoms with Crippen molar-refractivity contribution in [2.45, 2.75) is 36.5 Å². The fraction of sp³-hybridized carbons (Fsp3) is 0.483. The van der Waals surface area contributed by atoms with Crippen molar-refractivity contribution in [2.24, 2.45) is 0 Å². The van der Waals surface area contributed by atoms with Crippen molar-refractivity contribution in [3.8, 4) is 10.6 Å². The number of aliphatic hydroxyl groups is 1. The Balaban J connectivity index is 1.33. The van der Waals surface area contributed by atoms with E-state index in [1.165, 1.54) is 6.07 Å². The number of alkyl halides is 3. The molecule has 3 aliphatic rings. The van der Waals surface area contributed by atoms with Crippen molar-refractivity contribution in [1.82, 2.24) is 19.8 Å². The summed E-state index contributed by atoms with van der Waals surface area (Å²) in [4.78, 5) is 14.9. The number of hydrogen-bond acceptors (Lipinski definition) is 11. The Morgan fingerprint density at radius 3 is 2.69 bits per heavy atom. The zero-order valence-electron chi connectivity index (χ0n) is 24.7. The summed E-state index contributed by atoms with van der Waals surface area (Å²) in [6.45, 7) is 5.64. The average Bonchev–Trinajstić information content (AvgIpc) is 3.67. The Morgan fingerprint density at radius 2 is 1.96 bits per heavy atom. The minimum Gasteiger partial charge on any atom is -0.395 e. The molecule has 2 saturated heterocycles. The van der Waals surface area contributed by atoms with E-state index in [4.69, 9.17) is 17.0 Å². The quantitative estimate of drug-likeness (QED) is 0.355. The summed E-state index contributed by atoms with van der Waals surface area (Å²) in [5.74, 6) is -0.244. The maximum absolute atomic E-state index is 14.2. The molecule has 0 bridgehead atoms. The molecule has 10 nitrogen and oxygen atoms in total. The van der Waals surface area contributed by atoms with Crippen molar-refractivity contribution in [1.29, 1.82) is 0 Å². The summed E-state index contributed by atoms with van der Waals surface area (Å²) in [7, 11) is -2.10. The van der Waals surface area contributed by atoms with E-state index >= 15 is 0 Å². The van der Waals surface area contributed by atoms with Gasteiger partial charge < -0.3 is 25.0 Å². The predicted octanol–water partition coefficient (Wildman–Crippen LogP) is 3.81. The predicted molar refractivity (Wildman–Crippen MR) is 170 cm³/mol. The third-order valence-electron chi connectivity index (χ3n) is 8.55. The van der Waals surface area contributed by atoms with E-state index in [2.05, 4.69) is 31.2 Å². The van der Waals surface area contributed by atoms with Crippen LogP contribution in [0.5, 0.6) is 0 Å². The van der Waals surface area contributed by atoms with Crippen LogP contribution in [0.25, 0.3) is 10.6 Å². The summed E-state index contributed by atoms with van der Waals surface area (Å²) in [5, 5.41) is 12.6. The monoisotopic (exact) mass is 682 g/mol. The minimum atomic E-state index is -4.77. The Labute approximate surface area is 268 Å². The summed E-state index contributed by atoms with van der Waals surface area (Å²) in [6, 6.07) is 7.46. The first-order valence-electron chi connectivity index (χ1n) is 14.6. The Morgan fingerprint density at radius 1 is 1.18 bits per heavy atom. The number of β-amino-alcohol motifs (C(OH)–C–C–N with tert-alkyl or cyclic N) is 1. The van der Waals surface area contributed by atoms with E-state index in [9.17, 15) is 26.7 Å². The van der Waals surface area contributed by atoms with Crippen molar-refractivity contribution in [2.75, 3.05) is 69.0 Å². The van der Waals surface area contributed by atoms with Gasteiger partial charge in [-0.15, -0.1) is 11.3 Å². The summed E-state index contributed by atoms with van der Waals surface area (Å²) in [6.07, 6.45) is -3.41. The number of thiocarbonyl (C=S) groups is 1. The molecule has 1 aromatic carbocycles. The largest absolute Gasteiger partial charge is 0.420 e. The van der Waals surface area contributed by atoms with Crippen LogP contribution in [-0.4, -0.2) is 109 Å². The molecule has 3 aliphatic heterocycles. The van der Waals surface area contributed by atoms with E-state index in [0.29, 0.717) is 31.9 Å². The van der Waals surface area contributed by atoms with Crippen LogP contribution < -0.4 is 10.2 Å². The molecule has 242 valence electrons. The molecule has 0 saturated carbocycles. The van der Waals surface area contributed by atoms with E-state index in [-0.39, 0.29) is 56.6 Å². The maximum Gasteiger partial charge on any atom is 0.420 e. The second kappa shape index (κ2) is 12.4. The van der Waals surface area contributed by atoms with Gasteiger partial charge in [0.15, 0.2) is 9.84 Å². The molecule has 0 unspecified atom stereocenters. The number of sulfone groups is 1. The first kappa shape index (κ1) is 32.1. The lowest BCUT2D eigenvalue weighted by atomic mass is 10.0. The van der Waals surface area contributed by atoms with Crippen LogP contribution in [0.3, 0.4) is 0 Å². The lowest BCUT2D eigenvalue weighted by Gasteiger charge is -2.44. The molecule has 6 rings (SSSR count). The summed E-state index contributed by atoms with van der Waals surface area (Å²) >= 11 is 6.35. The highest BCUT2D eigenvalue weighted by Crippen LogP contribution is 2.42. The molecule has 3 aromatic rings. The highest BCUT2D eigenvalue weighted by Gasteiger charge is 2.41.